The molecule has 3 unspecified atom stereocenters. The van der Waals surface area contributed by atoms with Gasteiger partial charge in [0.2, 0.25) is 0 Å². The van der Waals surface area contributed by atoms with E-state index in [-0.39, 0.29) is 0 Å². The summed E-state index contributed by atoms with van der Waals surface area (Å²) in [6.45, 7) is 4.92. The summed E-state index contributed by atoms with van der Waals surface area (Å²) in [7, 11) is 5.91. The Morgan fingerprint density at radius 3 is 2.64 bits per heavy atom. The predicted octanol–water partition coefficient (Wildman–Crippen LogP) is 3.92. The van der Waals surface area contributed by atoms with E-state index in [1.165, 1.54) is 18.4 Å². The van der Waals surface area contributed by atoms with Crippen LogP contribution in [0.1, 0.15) is 51.5 Å². The molecule has 0 saturated heterocycles. The number of nitrogens with zero attached hydrogens (tertiary/aromatic N) is 2. The Morgan fingerprint density at radius 1 is 1.21 bits per heavy atom. The maximum absolute atomic E-state index is 6.18. The molecule has 0 heterocycles. The van der Waals surface area contributed by atoms with E-state index in [1.54, 1.807) is 7.05 Å². The van der Waals surface area contributed by atoms with Crippen LogP contribution in [0.3, 0.4) is 0 Å². The van der Waals surface area contributed by atoms with Crippen molar-refractivity contribution in [1.29, 1.82) is 0 Å². The second kappa shape index (κ2) is 11.9. The minimum atomic E-state index is 0.293. The van der Waals surface area contributed by atoms with Crippen LogP contribution in [0.5, 0.6) is 0 Å². The largest absolute Gasteiger partial charge is 0.374 e. The highest BCUT2D eigenvalue weighted by molar-refractivity contribution is 5.80. The van der Waals surface area contributed by atoms with Gasteiger partial charge in [0.05, 0.1) is 18.5 Å². The average Bonchev–Trinajstić information content (AvgIpc) is 2.91. The third-order valence-corrected chi connectivity index (χ3v) is 5.28. The molecule has 0 radical (unpaired) electrons. The molecule has 0 aromatic heterocycles. The van der Waals surface area contributed by atoms with Gasteiger partial charge in [-0.3, -0.25) is 4.99 Å². The lowest BCUT2D eigenvalue weighted by Crippen LogP contribution is -2.38. The quantitative estimate of drug-likeness (QED) is 0.404. The zero-order chi connectivity index (χ0) is 20.4. The summed E-state index contributed by atoms with van der Waals surface area (Å²) >= 11 is 0. The third-order valence-electron chi connectivity index (χ3n) is 5.28. The van der Waals surface area contributed by atoms with E-state index in [1.807, 2.05) is 6.92 Å². The highest BCUT2D eigenvalue weighted by Gasteiger charge is 2.20. The molecule has 0 bridgehead atoms. The van der Waals surface area contributed by atoms with Gasteiger partial charge in [0.15, 0.2) is 0 Å². The molecule has 1 aliphatic rings. The molecule has 1 fully saturated rings. The molecule has 1 aromatic rings. The van der Waals surface area contributed by atoms with Crippen LogP contribution in [-0.2, 0) is 11.3 Å². The van der Waals surface area contributed by atoms with Gasteiger partial charge in [-0.1, -0.05) is 30.3 Å². The van der Waals surface area contributed by atoms with Gasteiger partial charge in [-0.15, -0.1) is 0 Å². The molecule has 156 valence electrons. The van der Waals surface area contributed by atoms with Crippen LogP contribution in [-0.4, -0.2) is 50.1 Å². The Labute approximate surface area is 171 Å². The highest BCUT2D eigenvalue weighted by Crippen LogP contribution is 2.22. The lowest BCUT2D eigenvalue weighted by atomic mass is 10.1. The van der Waals surface area contributed by atoms with Crippen LogP contribution in [0.2, 0.25) is 0 Å². The van der Waals surface area contributed by atoms with Crippen LogP contribution >= 0.6 is 0 Å². The Balaban J connectivity index is 1.81. The van der Waals surface area contributed by atoms with Crippen molar-refractivity contribution in [3.05, 3.63) is 47.8 Å². The van der Waals surface area contributed by atoms with Gasteiger partial charge in [0.25, 0.3) is 0 Å². The molecule has 0 amide bonds. The number of benzene rings is 1. The third kappa shape index (κ3) is 8.03. The van der Waals surface area contributed by atoms with Crippen molar-refractivity contribution < 1.29 is 4.74 Å². The Morgan fingerprint density at radius 2 is 1.96 bits per heavy atom. The zero-order valence-corrected chi connectivity index (χ0v) is 18.2. The van der Waals surface area contributed by atoms with E-state index in [0.29, 0.717) is 18.2 Å². The zero-order valence-electron chi connectivity index (χ0n) is 18.2. The van der Waals surface area contributed by atoms with Crippen molar-refractivity contribution in [2.45, 2.75) is 70.7 Å². The summed E-state index contributed by atoms with van der Waals surface area (Å²) in [5.74, 6) is 1.99. The Hall–Kier alpha value is -1.85. The van der Waals surface area contributed by atoms with Crippen LogP contribution in [0, 0.1) is 0 Å². The lowest BCUT2D eigenvalue weighted by Gasteiger charge is -2.24. The number of ether oxygens (including phenoxy) is 1. The van der Waals surface area contributed by atoms with Gasteiger partial charge in [-0.25, -0.2) is 0 Å². The van der Waals surface area contributed by atoms with E-state index in [9.17, 15) is 0 Å². The molecule has 5 heteroatoms. The smallest absolute Gasteiger partial charge is 0.104 e. The maximum atomic E-state index is 6.18. The molecular formula is C23H38N4O. The summed E-state index contributed by atoms with van der Waals surface area (Å²) in [4.78, 5) is 6.29. The van der Waals surface area contributed by atoms with E-state index in [4.69, 9.17) is 4.74 Å². The highest BCUT2D eigenvalue weighted by atomic mass is 16.5. The number of hydrogen-bond acceptors (Lipinski definition) is 4. The monoisotopic (exact) mass is 386 g/mol. The molecule has 0 aliphatic heterocycles. The number of aliphatic imine (C=N–C) groups is 1. The van der Waals surface area contributed by atoms with Crippen LogP contribution in [0.15, 0.2) is 47.2 Å². The number of nitrogens with one attached hydrogen (secondary N) is 2. The molecule has 3 atom stereocenters. The number of hydrogen-bond donors (Lipinski definition) is 2. The fourth-order valence-corrected chi connectivity index (χ4v) is 3.59. The van der Waals surface area contributed by atoms with Gasteiger partial charge in [0, 0.05) is 33.2 Å². The van der Waals surface area contributed by atoms with Crippen molar-refractivity contribution in [3.63, 3.8) is 0 Å². The van der Waals surface area contributed by atoms with Gasteiger partial charge in [-0.2, -0.15) is 0 Å². The molecule has 1 aromatic carbocycles. The first kappa shape index (κ1) is 22.4. The van der Waals surface area contributed by atoms with Gasteiger partial charge in [-0.05, 0) is 57.6 Å². The topological polar surface area (TPSA) is 48.9 Å². The van der Waals surface area contributed by atoms with E-state index >= 15 is 0 Å². The lowest BCUT2D eigenvalue weighted by molar-refractivity contribution is 0.0305. The normalized spacial score (nSPS) is 22.5. The van der Waals surface area contributed by atoms with Gasteiger partial charge < -0.3 is 20.3 Å². The molecule has 1 aliphatic carbocycles. The average molecular weight is 387 g/mol. The standard InChI is InChI=1S/C23H38N4O/c1-18(16-23(27(4)5)26-19(2)24-3)25-21-12-9-13-22(15-14-21)28-17-20-10-7-6-8-11-20/h6-8,10-11,16,18,21-22,25H,9,12-15,17H2,1-5H3,(H,24,26)/b23-16+. The van der Waals surface area contributed by atoms with Crippen molar-refractivity contribution in [2.24, 2.45) is 4.99 Å². The number of rotatable bonds is 8. The first-order valence-corrected chi connectivity index (χ1v) is 10.5. The molecule has 5 nitrogen and oxygen atoms in total. The molecule has 1 saturated carbocycles. The second-order valence-electron chi connectivity index (χ2n) is 7.96. The molecule has 2 N–H and O–H groups in total. The van der Waals surface area contributed by atoms with Crippen molar-refractivity contribution in [3.8, 4) is 0 Å². The summed E-state index contributed by atoms with van der Waals surface area (Å²) in [5, 5.41) is 7.15. The van der Waals surface area contributed by atoms with Crippen LogP contribution in [0.4, 0.5) is 0 Å². The van der Waals surface area contributed by atoms with Crippen molar-refractivity contribution >= 4 is 5.84 Å². The molecular weight excluding hydrogens is 348 g/mol. The van der Waals surface area contributed by atoms with Crippen molar-refractivity contribution in [1.82, 2.24) is 15.5 Å². The van der Waals surface area contributed by atoms with E-state index < -0.39 is 0 Å². The Bertz CT molecular complexity index is 627. The number of amidine groups is 1. The van der Waals surface area contributed by atoms with Crippen LogP contribution in [0.25, 0.3) is 0 Å². The summed E-state index contributed by atoms with van der Waals surface area (Å²) in [6.07, 6.45) is 8.49. The predicted molar refractivity (Wildman–Crippen MR) is 118 cm³/mol. The van der Waals surface area contributed by atoms with E-state index in [0.717, 1.165) is 37.5 Å². The SMILES string of the molecule is CN=C(C)N/C(=C\C(C)NC1CCCC(OCc2ccccc2)CC1)N(C)C. The minimum absolute atomic E-state index is 0.293. The molecule has 0 spiro atoms. The molecule has 2 rings (SSSR count). The second-order valence-corrected chi connectivity index (χ2v) is 7.96. The van der Waals surface area contributed by atoms with Crippen LogP contribution < -0.4 is 10.6 Å². The first-order chi connectivity index (χ1) is 13.5. The van der Waals surface area contributed by atoms with Crippen molar-refractivity contribution in [2.75, 3.05) is 21.1 Å². The fourth-order valence-electron chi connectivity index (χ4n) is 3.59. The summed E-state index contributed by atoms with van der Waals surface area (Å²) < 4.78 is 6.18. The first-order valence-electron chi connectivity index (χ1n) is 10.5. The Kier molecular flexibility index (Phi) is 9.51. The van der Waals surface area contributed by atoms with Gasteiger partial charge in [0.1, 0.15) is 5.82 Å². The minimum Gasteiger partial charge on any atom is -0.374 e. The fraction of sp³-hybridized carbons (Fsp3) is 0.609. The maximum Gasteiger partial charge on any atom is 0.104 e. The van der Waals surface area contributed by atoms with E-state index in [2.05, 4.69) is 78.0 Å². The summed E-state index contributed by atoms with van der Waals surface area (Å²) in [5.41, 5.74) is 1.26. The summed E-state index contributed by atoms with van der Waals surface area (Å²) in [6, 6.07) is 11.3. The molecule has 28 heavy (non-hydrogen) atoms. The van der Waals surface area contributed by atoms with Gasteiger partial charge >= 0.3 is 0 Å².